The fourth-order valence-electron chi connectivity index (χ4n) is 1.55. The highest BCUT2D eigenvalue weighted by atomic mass is 32.1. The molecule has 3 aromatic heterocycles. The Morgan fingerprint density at radius 2 is 2.24 bits per heavy atom. The van der Waals surface area contributed by atoms with Gasteiger partial charge in [0.2, 0.25) is 4.96 Å². The van der Waals surface area contributed by atoms with Crippen molar-refractivity contribution in [1.82, 2.24) is 29.8 Å². The molecular formula is C10H10N6S. The van der Waals surface area contributed by atoms with Crippen molar-refractivity contribution in [2.75, 3.05) is 0 Å². The van der Waals surface area contributed by atoms with E-state index in [2.05, 4.69) is 32.2 Å². The second-order valence-electron chi connectivity index (χ2n) is 3.56. The fraction of sp³-hybridized carbons (Fsp3) is 0.300. The summed E-state index contributed by atoms with van der Waals surface area (Å²) in [5, 5.41) is 13.5. The summed E-state index contributed by atoms with van der Waals surface area (Å²) < 4.78 is 1.79. The van der Waals surface area contributed by atoms with E-state index in [1.807, 2.05) is 0 Å². The minimum atomic E-state index is 0.769. The summed E-state index contributed by atoms with van der Waals surface area (Å²) in [7, 11) is 0. The first-order chi connectivity index (χ1) is 8.38. The molecule has 0 aliphatic rings. The molecule has 3 aromatic rings. The molecule has 0 saturated carbocycles. The van der Waals surface area contributed by atoms with Crippen LogP contribution in [0.3, 0.4) is 0 Å². The van der Waals surface area contributed by atoms with E-state index < -0.39 is 0 Å². The summed E-state index contributed by atoms with van der Waals surface area (Å²) in [5.74, 6) is 0.897. The van der Waals surface area contributed by atoms with E-state index in [4.69, 9.17) is 0 Å². The molecule has 0 fully saturated rings. The minimum Gasteiger partial charge on any atom is -0.261 e. The molecule has 7 heteroatoms. The van der Waals surface area contributed by atoms with E-state index >= 15 is 0 Å². The Morgan fingerprint density at radius 3 is 3.00 bits per heavy atom. The summed E-state index contributed by atoms with van der Waals surface area (Å²) in [4.78, 5) is 9.06. The number of rotatable bonds is 3. The lowest BCUT2D eigenvalue weighted by Gasteiger charge is -1.92. The van der Waals surface area contributed by atoms with Crippen LogP contribution in [0.25, 0.3) is 15.7 Å². The summed E-state index contributed by atoms with van der Waals surface area (Å²) >= 11 is 1.47. The average molecular weight is 246 g/mol. The predicted octanol–water partition coefficient (Wildman–Crippen LogP) is 1.60. The van der Waals surface area contributed by atoms with Gasteiger partial charge in [0.05, 0.1) is 6.20 Å². The maximum Gasteiger partial charge on any atom is 0.235 e. The first-order valence-corrected chi connectivity index (χ1v) is 6.17. The van der Waals surface area contributed by atoms with Gasteiger partial charge in [0.15, 0.2) is 10.8 Å². The zero-order chi connectivity index (χ0) is 11.7. The van der Waals surface area contributed by atoms with Gasteiger partial charge in [-0.15, -0.1) is 10.2 Å². The first-order valence-electron chi connectivity index (χ1n) is 5.36. The Bertz CT molecular complexity index is 629. The number of aromatic nitrogens is 6. The highest BCUT2D eigenvalue weighted by molar-refractivity contribution is 7.19. The molecule has 0 saturated heterocycles. The van der Waals surface area contributed by atoms with Gasteiger partial charge in [0, 0.05) is 18.8 Å². The molecule has 6 nitrogen and oxygen atoms in total. The lowest BCUT2D eigenvalue weighted by atomic mass is 10.3. The Hall–Kier alpha value is -1.89. The Balaban J connectivity index is 2.08. The molecule has 0 atom stereocenters. The lowest BCUT2D eigenvalue weighted by Crippen LogP contribution is -1.95. The van der Waals surface area contributed by atoms with Crippen molar-refractivity contribution in [2.24, 2.45) is 0 Å². The number of hydrogen-bond acceptors (Lipinski definition) is 6. The van der Waals surface area contributed by atoms with Crippen molar-refractivity contribution in [3.63, 3.8) is 0 Å². The van der Waals surface area contributed by atoms with Gasteiger partial charge in [0.1, 0.15) is 5.69 Å². The van der Waals surface area contributed by atoms with Gasteiger partial charge in [-0.25, -0.2) is 0 Å². The summed E-state index contributed by atoms with van der Waals surface area (Å²) in [6.45, 7) is 2.11. The standard InChI is InChI=1S/C10H10N6S/c1-2-3-8-13-14-10-16(8)15-9(17-10)7-6-11-4-5-12-7/h4-6H,2-3H2,1H3. The van der Waals surface area contributed by atoms with Crippen molar-refractivity contribution in [3.05, 3.63) is 24.4 Å². The molecule has 3 rings (SSSR count). The molecule has 0 unspecified atom stereocenters. The van der Waals surface area contributed by atoms with Gasteiger partial charge in [-0.1, -0.05) is 18.3 Å². The molecule has 0 aromatic carbocycles. The molecule has 0 aliphatic heterocycles. The molecule has 0 amide bonds. The van der Waals surface area contributed by atoms with Crippen LogP contribution in [0.1, 0.15) is 19.2 Å². The second-order valence-corrected chi connectivity index (χ2v) is 4.51. The van der Waals surface area contributed by atoms with Crippen molar-refractivity contribution < 1.29 is 0 Å². The molecule has 0 radical (unpaired) electrons. The topological polar surface area (TPSA) is 68.9 Å². The zero-order valence-corrected chi connectivity index (χ0v) is 10.1. The van der Waals surface area contributed by atoms with E-state index in [1.165, 1.54) is 11.3 Å². The van der Waals surface area contributed by atoms with E-state index in [0.717, 1.165) is 34.3 Å². The third-order valence-electron chi connectivity index (χ3n) is 2.31. The number of aryl methyl sites for hydroxylation is 1. The third-order valence-corrected chi connectivity index (χ3v) is 3.23. The van der Waals surface area contributed by atoms with Crippen LogP contribution < -0.4 is 0 Å². The Kier molecular flexibility index (Phi) is 2.52. The second kappa shape index (κ2) is 4.17. The van der Waals surface area contributed by atoms with Crippen LogP contribution in [-0.2, 0) is 6.42 Å². The number of hydrogen-bond donors (Lipinski definition) is 0. The zero-order valence-electron chi connectivity index (χ0n) is 9.24. The molecule has 3 heterocycles. The quantitative estimate of drug-likeness (QED) is 0.702. The fourth-order valence-corrected chi connectivity index (χ4v) is 2.37. The van der Waals surface area contributed by atoms with Gasteiger partial charge < -0.3 is 0 Å². The summed E-state index contributed by atoms with van der Waals surface area (Å²) in [6, 6.07) is 0. The maximum absolute atomic E-state index is 4.47. The molecule has 0 spiro atoms. The van der Waals surface area contributed by atoms with Crippen LogP contribution in [0.4, 0.5) is 0 Å². The maximum atomic E-state index is 4.47. The van der Waals surface area contributed by atoms with E-state index in [9.17, 15) is 0 Å². The van der Waals surface area contributed by atoms with Crippen LogP contribution in [0, 0.1) is 0 Å². The van der Waals surface area contributed by atoms with Gasteiger partial charge in [-0.3, -0.25) is 9.97 Å². The molecule has 86 valence electrons. The van der Waals surface area contributed by atoms with E-state index in [-0.39, 0.29) is 0 Å². The number of nitrogens with zero attached hydrogens (tertiary/aromatic N) is 6. The number of fused-ring (bicyclic) bond motifs is 1. The van der Waals surface area contributed by atoms with E-state index in [1.54, 1.807) is 23.1 Å². The summed E-state index contributed by atoms with van der Waals surface area (Å²) in [6.07, 6.45) is 6.91. The van der Waals surface area contributed by atoms with Gasteiger partial charge in [0.25, 0.3) is 0 Å². The molecular weight excluding hydrogens is 236 g/mol. The Labute approximate surface area is 101 Å². The highest BCUT2D eigenvalue weighted by Crippen LogP contribution is 2.22. The molecule has 0 aliphatic carbocycles. The normalized spacial score (nSPS) is 11.1. The largest absolute Gasteiger partial charge is 0.261 e. The van der Waals surface area contributed by atoms with Gasteiger partial charge in [-0.2, -0.15) is 9.61 Å². The molecule has 0 bridgehead atoms. The van der Waals surface area contributed by atoms with Crippen molar-refractivity contribution in [3.8, 4) is 10.7 Å². The average Bonchev–Trinajstić information content (AvgIpc) is 2.93. The van der Waals surface area contributed by atoms with Crippen LogP contribution >= 0.6 is 11.3 Å². The Morgan fingerprint density at radius 1 is 1.29 bits per heavy atom. The summed E-state index contributed by atoms with van der Waals surface area (Å²) in [5.41, 5.74) is 0.769. The van der Waals surface area contributed by atoms with Crippen LogP contribution in [0.15, 0.2) is 18.6 Å². The molecule has 0 N–H and O–H groups in total. The van der Waals surface area contributed by atoms with Crippen LogP contribution in [0.2, 0.25) is 0 Å². The van der Waals surface area contributed by atoms with E-state index in [0.29, 0.717) is 0 Å². The minimum absolute atomic E-state index is 0.769. The smallest absolute Gasteiger partial charge is 0.235 e. The predicted molar refractivity (Wildman–Crippen MR) is 63.7 cm³/mol. The monoisotopic (exact) mass is 246 g/mol. The van der Waals surface area contributed by atoms with Crippen molar-refractivity contribution in [1.29, 1.82) is 0 Å². The first kappa shape index (κ1) is 10.3. The van der Waals surface area contributed by atoms with Crippen LogP contribution in [-0.4, -0.2) is 29.8 Å². The van der Waals surface area contributed by atoms with Crippen LogP contribution in [0.5, 0.6) is 0 Å². The van der Waals surface area contributed by atoms with Crippen molar-refractivity contribution >= 4 is 16.3 Å². The molecule has 17 heavy (non-hydrogen) atoms. The lowest BCUT2D eigenvalue weighted by molar-refractivity contribution is 0.778. The van der Waals surface area contributed by atoms with Crippen molar-refractivity contribution in [2.45, 2.75) is 19.8 Å². The van der Waals surface area contributed by atoms with Gasteiger partial charge >= 0.3 is 0 Å². The third kappa shape index (κ3) is 1.78. The van der Waals surface area contributed by atoms with Gasteiger partial charge in [-0.05, 0) is 6.42 Å². The SMILES string of the molecule is CCCc1nnc2sc(-c3cnccn3)nn12. The highest BCUT2D eigenvalue weighted by Gasteiger charge is 2.12.